The molecule has 0 unspecified atom stereocenters. The van der Waals surface area contributed by atoms with Crippen LogP contribution in [0.3, 0.4) is 0 Å². The lowest BCUT2D eigenvalue weighted by atomic mass is 10.1. The highest BCUT2D eigenvalue weighted by molar-refractivity contribution is 6.20. The van der Waals surface area contributed by atoms with Gasteiger partial charge in [-0.2, -0.15) is 0 Å². The number of carbonyl (C=O) groups excluding carboxylic acids is 3. The molecule has 1 fully saturated rings. The summed E-state index contributed by atoms with van der Waals surface area (Å²) in [6.07, 6.45) is 0.488. The highest BCUT2D eigenvalue weighted by atomic mass is 16.2. The maximum absolute atomic E-state index is 12.3. The van der Waals surface area contributed by atoms with Crippen molar-refractivity contribution >= 4 is 29.1 Å². The van der Waals surface area contributed by atoms with Crippen LogP contribution in [0.4, 0.5) is 11.4 Å². The molecule has 2 aromatic rings. The molecule has 1 heterocycles. The van der Waals surface area contributed by atoms with Crippen LogP contribution in [0.2, 0.25) is 0 Å². The zero-order valence-electron chi connectivity index (χ0n) is 13.6. The molecule has 2 aromatic carbocycles. The average Bonchev–Trinajstić information content (AvgIpc) is 2.90. The summed E-state index contributed by atoms with van der Waals surface area (Å²) in [7, 11) is 0. The summed E-state index contributed by atoms with van der Waals surface area (Å²) in [5, 5.41) is 2.85. The van der Waals surface area contributed by atoms with E-state index in [1.165, 1.54) is 4.90 Å². The Balaban J connectivity index is 1.75. The van der Waals surface area contributed by atoms with E-state index < -0.39 is 0 Å². The van der Waals surface area contributed by atoms with Crippen molar-refractivity contribution in [3.8, 4) is 0 Å². The monoisotopic (exact) mass is 322 g/mol. The van der Waals surface area contributed by atoms with E-state index in [2.05, 4.69) is 5.32 Å². The van der Waals surface area contributed by atoms with Crippen LogP contribution in [0.1, 0.15) is 34.3 Å². The number of aryl methyl sites for hydroxylation is 2. The molecule has 0 spiro atoms. The van der Waals surface area contributed by atoms with E-state index in [9.17, 15) is 14.4 Å². The van der Waals surface area contributed by atoms with E-state index in [-0.39, 0.29) is 30.6 Å². The lowest BCUT2D eigenvalue weighted by molar-refractivity contribution is -0.121. The lowest BCUT2D eigenvalue weighted by Crippen LogP contribution is -2.28. The fourth-order valence-electron chi connectivity index (χ4n) is 2.65. The van der Waals surface area contributed by atoms with E-state index in [1.54, 1.807) is 24.3 Å². The first kappa shape index (κ1) is 15.9. The summed E-state index contributed by atoms with van der Waals surface area (Å²) in [4.78, 5) is 36.9. The van der Waals surface area contributed by atoms with Gasteiger partial charge < -0.3 is 5.32 Å². The molecule has 1 aliphatic heterocycles. The number of imide groups is 1. The summed E-state index contributed by atoms with van der Waals surface area (Å²) in [6, 6.07) is 12.2. The summed E-state index contributed by atoms with van der Waals surface area (Å²) < 4.78 is 0. The normalized spacial score (nSPS) is 14.2. The van der Waals surface area contributed by atoms with Crippen molar-refractivity contribution in [2.45, 2.75) is 26.7 Å². The maximum atomic E-state index is 12.3. The molecule has 0 saturated carbocycles. The SMILES string of the molecule is Cc1ccc(NC(=O)c2ccc(N3C(=O)CCC3=O)cc2)cc1C. The van der Waals surface area contributed by atoms with Gasteiger partial charge in [-0.05, 0) is 61.4 Å². The van der Waals surface area contributed by atoms with Gasteiger partial charge in [0.25, 0.3) is 5.91 Å². The van der Waals surface area contributed by atoms with Gasteiger partial charge in [0.05, 0.1) is 5.69 Å². The minimum atomic E-state index is -0.233. The molecule has 0 bridgehead atoms. The van der Waals surface area contributed by atoms with Crippen LogP contribution in [-0.4, -0.2) is 17.7 Å². The van der Waals surface area contributed by atoms with Crippen molar-refractivity contribution in [2.24, 2.45) is 0 Å². The maximum Gasteiger partial charge on any atom is 0.255 e. The molecule has 122 valence electrons. The number of nitrogens with zero attached hydrogens (tertiary/aromatic N) is 1. The van der Waals surface area contributed by atoms with Gasteiger partial charge in [0.1, 0.15) is 0 Å². The van der Waals surface area contributed by atoms with Gasteiger partial charge in [-0.3, -0.25) is 19.3 Å². The molecular formula is C19H18N2O3. The minimum absolute atomic E-state index is 0.202. The number of anilines is 2. The Morgan fingerprint density at radius 2 is 1.54 bits per heavy atom. The van der Waals surface area contributed by atoms with Crippen LogP contribution in [0.25, 0.3) is 0 Å². The van der Waals surface area contributed by atoms with E-state index >= 15 is 0 Å². The quantitative estimate of drug-likeness (QED) is 0.882. The van der Waals surface area contributed by atoms with Crippen LogP contribution in [0, 0.1) is 13.8 Å². The van der Waals surface area contributed by atoms with Crippen molar-refractivity contribution in [3.05, 3.63) is 59.2 Å². The van der Waals surface area contributed by atoms with Crippen molar-refractivity contribution in [1.82, 2.24) is 0 Å². The van der Waals surface area contributed by atoms with Gasteiger partial charge in [0, 0.05) is 24.1 Å². The summed E-state index contributed by atoms with van der Waals surface area (Å²) in [5.74, 6) is -0.636. The van der Waals surface area contributed by atoms with Crippen molar-refractivity contribution in [2.75, 3.05) is 10.2 Å². The fraction of sp³-hybridized carbons (Fsp3) is 0.211. The third-order valence-corrected chi connectivity index (χ3v) is 4.20. The van der Waals surface area contributed by atoms with Gasteiger partial charge in [0.2, 0.25) is 11.8 Å². The van der Waals surface area contributed by atoms with Crippen LogP contribution in [-0.2, 0) is 9.59 Å². The summed E-state index contributed by atoms with van der Waals surface area (Å²) in [5.41, 5.74) is 3.98. The van der Waals surface area contributed by atoms with Gasteiger partial charge in [-0.25, -0.2) is 0 Å². The number of benzene rings is 2. The van der Waals surface area contributed by atoms with Gasteiger partial charge in [-0.15, -0.1) is 0 Å². The molecule has 0 aromatic heterocycles. The molecule has 1 aliphatic rings. The number of rotatable bonds is 3. The van der Waals surface area contributed by atoms with Crippen molar-refractivity contribution < 1.29 is 14.4 Å². The first-order valence-corrected chi connectivity index (χ1v) is 7.80. The highest BCUT2D eigenvalue weighted by Crippen LogP contribution is 2.23. The molecule has 0 radical (unpaired) electrons. The first-order chi connectivity index (χ1) is 11.5. The molecule has 5 heteroatoms. The number of carbonyl (C=O) groups is 3. The standard InChI is InChI=1S/C19H18N2O3/c1-12-3-6-15(11-13(12)2)20-19(24)14-4-7-16(8-5-14)21-17(22)9-10-18(21)23/h3-8,11H,9-10H2,1-2H3,(H,20,24). The van der Waals surface area contributed by atoms with Gasteiger partial charge in [-0.1, -0.05) is 6.07 Å². The third-order valence-electron chi connectivity index (χ3n) is 4.20. The smallest absolute Gasteiger partial charge is 0.255 e. The van der Waals surface area contributed by atoms with Gasteiger partial charge >= 0.3 is 0 Å². The Bertz CT molecular complexity index is 809. The zero-order valence-corrected chi connectivity index (χ0v) is 13.6. The van der Waals surface area contributed by atoms with E-state index in [4.69, 9.17) is 0 Å². The van der Waals surface area contributed by atoms with Crippen molar-refractivity contribution in [1.29, 1.82) is 0 Å². The van der Waals surface area contributed by atoms with E-state index in [1.807, 2.05) is 32.0 Å². The number of amides is 3. The number of hydrogen-bond donors (Lipinski definition) is 1. The summed E-state index contributed by atoms with van der Waals surface area (Å²) in [6.45, 7) is 4.00. The Morgan fingerprint density at radius 1 is 0.917 bits per heavy atom. The predicted octanol–water partition coefficient (Wildman–Crippen LogP) is 3.21. The van der Waals surface area contributed by atoms with Crippen LogP contribution < -0.4 is 10.2 Å². The molecule has 3 amide bonds. The number of hydrogen-bond acceptors (Lipinski definition) is 3. The molecule has 1 N–H and O–H groups in total. The number of nitrogens with one attached hydrogen (secondary N) is 1. The third kappa shape index (κ3) is 3.06. The second-order valence-electron chi connectivity index (χ2n) is 5.92. The van der Waals surface area contributed by atoms with Crippen LogP contribution in [0.5, 0.6) is 0 Å². The Hall–Kier alpha value is -2.95. The predicted molar refractivity (Wildman–Crippen MR) is 92.0 cm³/mol. The molecule has 3 rings (SSSR count). The van der Waals surface area contributed by atoms with E-state index in [0.717, 1.165) is 16.8 Å². The molecular weight excluding hydrogens is 304 g/mol. The lowest BCUT2D eigenvalue weighted by Gasteiger charge is -2.14. The molecule has 0 atom stereocenters. The fourth-order valence-corrected chi connectivity index (χ4v) is 2.65. The van der Waals surface area contributed by atoms with Crippen LogP contribution >= 0.6 is 0 Å². The Labute approximate surface area is 140 Å². The molecule has 1 saturated heterocycles. The zero-order chi connectivity index (χ0) is 17.3. The topological polar surface area (TPSA) is 66.5 Å². The van der Waals surface area contributed by atoms with Crippen molar-refractivity contribution in [3.63, 3.8) is 0 Å². The molecule has 5 nitrogen and oxygen atoms in total. The second-order valence-corrected chi connectivity index (χ2v) is 5.92. The minimum Gasteiger partial charge on any atom is -0.322 e. The Kier molecular flexibility index (Phi) is 4.16. The molecule has 24 heavy (non-hydrogen) atoms. The first-order valence-electron chi connectivity index (χ1n) is 7.80. The van der Waals surface area contributed by atoms with Crippen LogP contribution in [0.15, 0.2) is 42.5 Å². The summed E-state index contributed by atoms with van der Waals surface area (Å²) >= 11 is 0. The second kappa shape index (κ2) is 6.28. The average molecular weight is 322 g/mol. The van der Waals surface area contributed by atoms with E-state index in [0.29, 0.717) is 11.3 Å². The largest absolute Gasteiger partial charge is 0.322 e. The van der Waals surface area contributed by atoms with Gasteiger partial charge in [0.15, 0.2) is 0 Å². The Morgan fingerprint density at radius 3 is 2.12 bits per heavy atom. The molecule has 0 aliphatic carbocycles. The highest BCUT2D eigenvalue weighted by Gasteiger charge is 2.30.